The van der Waals surface area contributed by atoms with Gasteiger partial charge in [-0.1, -0.05) is 30.2 Å². The SMILES string of the molecule is OC(CNC1CCCC1C1COCCN1)c1ccc(Cl)cc1. The van der Waals surface area contributed by atoms with Gasteiger partial charge in [0.25, 0.3) is 0 Å². The summed E-state index contributed by atoms with van der Waals surface area (Å²) in [5.41, 5.74) is 0.908. The lowest BCUT2D eigenvalue weighted by Gasteiger charge is -2.33. The van der Waals surface area contributed by atoms with Crippen LogP contribution in [-0.4, -0.2) is 43.5 Å². The molecule has 3 N–H and O–H groups in total. The molecule has 1 heterocycles. The van der Waals surface area contributed by atoms with Crippen LogP contribution in [0.4, 0.5) is 0 Å². The highest BCUT2D eigenvalue weighted by atomic mass is 35.5. The topological polar surface area (TPSA) is 53.5 Å². The average molecular weight is 325 g/mol. The standard InChI is InChI=1S/C17H25ClN2O2/c18-13-6-4-12(5-7-13)17(21)10-20-15-3-1-2-14(15)16-11-22-9-8-19-16/h4-7,14-17,19-21H,1-3,8-11H2. The molecule has 2 fully saturated rings. The van der Waals surface area contributed by atoms with Crippen LogP contribution in [0.15, 0.2) is 24.3 Å². The minimum atomic E-state index is -0.492. The zero-order valence-corrected chi connectivity index (χ0v) is 13.6. The molecule has 0 amide bonds. The fraction of sp³-hybridized carbons (Fsp3) is 0.647. The maximum atomic E-state index is 10.3. The van der Waals surface area contributed by atoms with Gasteiger partial charge >= 0.3 is 0 Å². The lowest BCUT2D eigenvalue weighted by atomic mass is 9.93. The summed E-state index contributed by atoms with van der Waals surface area (Å²) < 4.78 is 5.60. The molecule has 4 unspecified atom stereocenters. The predicted octanol–water partition coefficient (Wildman–Crippen LogP) is 2.12. The van der Waals surface area contributed by atoms with Crippen LogP contribution >= 0.6 is 11.6 Å². The van der Waals surface area contributed by atoms with Gasteiger partial charge in [0, 0.05) is 30.2 Å². The fourth-order valence-corrected chi connectivity index (χ4v) is 3.78. The van der Waals surface area contributed by atoms with Crippen molar-refractivity contribution in [2.75, 3.05) is 26.3 Å². The minimum absolute atomic E-state index is 0.446. The van der Waals surface area contributed by atoms with E-state index in [1.165, 1.54) is 19.3 Å². The predicted molar refractivity (Wildman–Crippen MR) is 88.2 cm³/mol. The van der Waals surface area contributed by atoms with Gasteiger partial charge in [0.05, 0.1) is 19.3 Å². The van der Waals surface area contributed by atoms with Gasteiger partial charge in [-0.15, -0.1) is 0 Å². The number of hydrogen-bond donors (Lipinski definition) is 3. The molecule has 1 saturated carbocycles. The quantitative estimate of drug-likeness (QED) is 0.776. The molecule has 1 saturated heterocycles. The highest BCUT2D eigenvalue weighted by Crippen LogP contribution is 2.30. The van der Waals surface area contributed by atoms with Crippen LogP contribution < -0.4 is 10.6 Å². The second kappa shape index (κ2) is 7.75. The molecule has 0 aromatic heterocycles. The van der Waals surface area contributed by atoms with Crippen molar-refractivity contribution in [2.45, 2.75) is 37.5 Å². The van der Waals surface area contributed by atoms with E-state index in [2.05, 4.69) is 10.6 Å². The van der Waals surface area contributed by atoms with Gasteiger partial charge in [-0.25, -0.2) is 0 Å². The van der Waals surface area contributed by atoms with Gasteiger partial charge in [0.15, 0.2) is 0 Å². The van der Waals surface area contributed by atoms with Gasteiger partial charge in [-0.3, -0.25) is 0 Å². The van der Waals surface area contributed by atoms with E-state index in [1.807, 2.05) is 24.3 Å². The summed E-state index contributed by atoms with van der Waals surface area (Å²) in [6.07, 6.45) is 3.16. The molecule has 1 aliphatic carbocycles. The van der Waals surface area contributed by atoms with Crippen LogP contribution in [-0.2, 0) is 4.74 Å². The second-order valence-electron chi connectivity index (χ2n) is 6.31. The molecule has 22 heavy (non-hydrogen) atoms. The Labute approximate surface area is 137 Å². The Kier molecular flexibility index (Phi) is 5.71. The van der Waals surface area contributed by atoms with Crippen LogP contribution in [0.5, 0.6) is 0 Å². The third kappa shape index (κ3) is 4.00. The molecule has 4 nitrogen and oxygen atoms in total. The molecule has 3 rings (SSSR count). The summed E-state index contributed by atoms with van der Waals surface area (Å²) in [6, 6.07) is 8.32. The van der Waals surface area contributed by atoms with E-state index in [9.17, 15) is 5.11 Å². The van der Waals surface area contributed by atoms with E-state index in [0.717, 1.165) is 25.3 Å². The Morgan fingerprint density at radius 2 is 2.14 bits per heavy atom. The average Bonchev–Trinajstić information content (AvgIpc) is 3.02. The number of rotatable bonds is 5. The van der Waals surface area contributed by atoms with Crippen molar-refractivity contribution in [1.82, 2.24) is 10.6 Å². The number of aliphatic hydroxyl groups is 1. The molecule has 0 spiro atoms. The van der Waals surface area contributed by atoms with E-state index >= 15 is 0 Å². The molecule has 2 aliphatic rings. The van der Waals surface area contributed by atoms with Crippen molar-refractivity contribution in [3.63, 3.8) is 0 Å². The van der Waals surface area contributed by atoms with Crippen LogP contribution in [0, 0.1) is 5.92 Å². The summed E-state index contributed by atoms with van der Waals surface area (Å²) in [5, 5.41) is 18.2. The molecule has 1 aromatic rings. The maximum absolute atomic E-state index is 10.3. The summed E-state index contributed by atoms with van der Waals surface area (Å²) >= 11 is 5.89. The van der Waals surface area contributed by atoms with Crippen molar-refractivity contribution in [2.24, 2.45) is 5.92 Å². The van der Waals surface area contributed by atoms with Crippen LogP contribution in [0.1, 0.15) is 30.9 Å². The van der Waals surface area contributed by atoms with Crippen LogP contribution in [0.25, 0.3) is 0 Å². The third-order valence-corrected chi connectivity index (χ3v) is 5.12. The van der Waals surface area contributed by atoms with E-state index in [4.69, 9.17) is 16.3 Å². The smallest absolute Gasteiger partial charge is 0.0914 e. The number of halogens is 1. The summed E-state index contributed by atoms with van der Waals surface area (Å²) in [6.45, 7) is 3.15. The van der Waals surface area contributed by atoms with Gasteiger partial charge in [-0.05, 0) is 36.5 Å². The highest BCUT2D eigenvalue weighted by Gasteiger charge is 2.34. The monoisotopic (exact) mass is 324 g/mol. The molecule has 5 heteroatoms. The van der Waals surface area contributed by atoms with Crippen molar-refractivity contribution in [1.29, 1.82) is 0 Å². The first-order valence-electron chi connectivity index (χ1n) is 8.22. The van der Waals surface area contributed by atoms with Gasteiger partial charge in [0.1, 0.15) is 0 Å². The number of nitrogens with one attached hydrogen (secondary N) is 2. The zero-order chi connectivity index (χ0) is 15.4. The first kappa shape index (κ1) is 16.2. The molecule has 0 bridgehead atoms. The maximum Gasteiger partial charge on any atom is 0.0914 e. The molecule has 1 aromatic carbocycles. The van der Waals surface area contributed by atoms with Gasteiger partial charge < -0.3 is 20.5 Å². The summed E-state index contributed by atoms with van der Waals surface area (Å²) in [7, 11) is 0. The lowest BCUT2D eigenvalue weighted by molar-refractivity contribution is 0.0513. The lowest BCUT2D eigenvalue weighted by Crippen LogP contribution is -2.51. The van der Waals surface area contributed by atoms with Crippen molar-refractivity contribution < 1.29 is 9.84 Å². The Bertz CT molecular complexity index is 462. The van der Waals surface area contributed by atoms with Crippen LogP contribution in [0.3, 0.4) is 0 Å². The number of benzene rings is 1. The van der Waals surface area contributed by atoms with Crippen molar-refractivity contribution in [3.8, 4) is 0 Å². The Morgan fingerprint density at radius 3 is 2.86 bits per heavy atom. The molecule has 4 atom stereocenters. The largest absolute Gasteiger partial charge is 0.387 e. The van der Waals surface area contributed by atoms with Crippen molar-refractivity contribution in [3.05, 3.63) is 34.9 Å². The normalized spacial score (nSPS) is 30.4. The van der Waals surface area contributed by atoms with E-state index < -0.39 is 6.10 Å². The van der Waals surface area contributed by atoms with Gasteiger partial charge in [0.2, 0.25) is 0 Å². The zero-order valence-electron chi connectivity index (χ0n) is 12.8. The Balaban J connectivity index is 1.52. The van der Waals surface area contributed by atoms with E-state index in [-0.39, 0.29) is 0 Å². The van der Waals surface area contributed by atoms with Gasteiger partial charge in [-0.2, -0.15) is 0 Å². The molecular formula is C17H25ClN2O2. The number of morpholine rings is 1. The molecule has 1 aliphatic heterocycles. The number of ether oxygens (including phenoxy) is 1. The van der Waals surface area contributed by atoms with Crippen molar-refractivity contribution >= 4 is 11.6 Å². The summed E-state index contributed by atoms with van der Waals surface area (Å²) in [4.78, 5) is 0. The highest BCUT2D eigenvalue weighted by molar-refractivity contribution is 6.30. The Hall–Kier alpha value is -0.650. The summed E-state index contributed by atoms with van der Waals surface area (Å²) in [5.74, 6) is 0.595. The van der Waals surface area contributed by atoms with Crippen LogP contribution in [0.2, 0.25) is 5.02 Å². The third-order valence-electron chi connectivity index (χ3n) is 4.86. The second-order valence-corrected chi connectivity index (χ2v) is 6.75. The minimum Gasteiger partial charge on any atom is -0.387 e. The fourth-order valence-electron chi connectivity index (χ4n) is 3.65. The van der Waals surface area contributed by atoms with E-state index in [1.54, 1.807) is 0 Å². The Morgan fingerprint density at radius 1 is 1.32 bits per heavy atom. The first-order valence-corrected chi connectivity index (χ1v) is 8.60. The first-order chi connectivity index (χ1) is 10.7. The molecular weight excluding hydrogens is 300 g/mol. The number of hydrogen-bond acceptors (Lipinski definition) is 4. The van der Waals surface area contributed by atoms with E-state index in [0.29, 0.717) is 29.6 Å². The molecule has 122 valence electrons. The number of aliphatic hydroxyl groups excluding tert-OH is 1. The molecule has 0 radical (unpaired) electrons.